The molecule has 124 valence electrons. The lowest BCUT2D eigenvalue weighted by Crippen LogP contribution is -2.32. The highest BCUT2D eigenvalue weighted by Gasteiger charge is 2.44. The molecule has 2 aromatic rings. The number of anilines is 1. The van der Waals surface area contributed by atoms with Crippen LogP contribution in [0.25, 0.3) is 0 Å². The summed E-state index contributed by atoms with van der Waals surface area (Å²) < 4.78 is 5.26. The van der Waals surface area contributed by atoms with Crippen LogP contribution in [0, 0.1) is 0 Å². The average Bonchev–Trinajstić information content (AvgIpc) is 2.90. The van der Waals surface area contributed by atoms with Gasteiger partial charge in [-0.3, -0.25) is 4.79 Å². The third-order valence-electron chi connectivity index (χ3n) is 3.82. The molecule has 1 unspecified atom stereocenters. The summed E-state index contributed by atoms with van der Waals surface area (Å²) in [5.41, 5.74) is 2.14. The Morgan fingerprint density at radius 3 is 2.13 bits per heavy atom. The van der Waals surface area contributed by atoms with E-state index in [1.807, 2.05) is 83.1 Å². The van der Waals surface area contributed by atoms with Crippen LogP contribution in [-0.2, 0) is 10.2 Å². The van der Waals surface area contributed by atoms with Gasteiger partial charge in [0.05, 0.1) is 12.5 Å². The molecule has 3 nitrogen and oxygen atoms in total. The summed E-state index contributed by atoms with van der Waals surface area (Å²) in [4.78, 5) is 12.4. The number of hydrogen-bond acceptors (Lipinski definition) is 2. The molecule has 0 saturated carbocycles. The molecule has 1 atom stereocenters. The highest BCUT2D eigenvalue weighted by atomic mass is 16.5. The Balaban J connectivity index is 0.000000615. The fraction of sp³-hybridized carbons (Fsp3) is 0.350. The average molecular weight is 313 g/mol. The predicted octanol–water partition coefficient (Wildman–Crippen LogP) is 5.01. The summed E-state index contributed by atoms with van der Waals surface area (Å²) in [6, 6.07) is 15.5. The normalized spacial score (nSPS) is 17.7. The van der Waals surface area contributed by atoms with Crippen molar-refractivity contribution in [2.45, 2.75) is 40.0 Å². The van der Waals surface area contributed by atoms with E-state index < -0.39 is 5.41 Å². The molecule has 0 fully saturated rings. The van der Waals surface area contributed by atoms with E-state index in [1.165, 1.54) is 0 Å². The van der Waals surface area contributed by atoms with Gasteiger partial charge in [0.1, 0.15) is 5.75 Å². The molecule has 1 heterocycles. The number of benzene rings is 2. The minimum atomic E-state index is -0.662. The number of carbonyl (C=O) groups excluding carboxylic acids is 1. The van der Waals surface area contributed by atoms with Crippen molar-refractivity contribution in [1.29, 1.82) is 0 Å². The third kappa shape index (κ3) is 3.39. The Morgan fingerprint density at radius 2 is 1.57 bits per heavy atom. The number of methoxy groups -OCH3 is 1. The standard InChI is InChI=1S/C16H15NO2.2C2H6/c1-16(11-6-4-3-5-7-11)13-10-12(19-2)8-9-14(13)17-15(16)18;2*1-2/h3-10H,1-2H3,(H,17,18);2*1-2H3. The van der Waals surface area contributed by atoms with Gasteiger partial charge in [-0.15, -0.1) is 0 Å². The molecule has 0 saturated heterocycles. The van der Waals surface area contributed by atoms with E-state index >= 15 is 0 Å². The van der Waals surface area contributed by atoms with Crippen LogP contribution < -0.4 is 10.1 Å². The number of carbonyl (C=O) groups is 1. The van der Waals surface area contributed by atoms with Gasteiger partial charge in [-0.1, -0.05) is 58.0 Å². The van der Waals surface area contributed by atoms with Crippen LogP contribution in [0.1, 0.15) is 45.7 Å². The molecule has 3 heteroatoms. The minimum Gasteiger partial charge on any atom is -0.497 e. The van der Waals surface area contributed by atoms with Crippen LogP contribution in [-0.4, -0.2) is 13.0 Å². The summed E-state index contributed by atoms with van der Waals surface area (Å²) in [5.74, 6) is 0.763. The molecule has 0 spiro atoms. The highest BCUT2D eigenvalue weighted by molar-refractivity contribution is 6.08. The summed E-state index contributed by atoms with van der Waals surface area (Å²) >= 11 is 0. The maximum absolute atomic E-state index is 12.4. The highest BCUT2D eigenvalue weighted by Crippen LogP contribution is 2.43. The maximum Gasteiger partial charge on any atom is 0.239 e. The molecule has 1 N–H and O–H groups in total. The molecule has 3 rings (SSSR count). The molecule has 2 aromatic carbocycles. The van der Waals surface area contributed by atoms with Crippen molar-refractivity contribution in [3.63, 3.8) is 0 Å². The first kappa shape index (κ1) is 18.8. The van der Waals surface area contributed by atoms with E-state index in [4.69, 9.17) is 4.74 Å². The molecule has 0 aliphatic carbocycles. The zero-order chi connectivity index (χ0) is 17.5. The zero-order valence-electron chi connectivity index (χ0n) is 14.9. The monoisotopic (exact) mass is 313 g/mol. The Hall–Kier alpha value is -2.29. The molecule has 0 aromatic heterocycles. The third-order valence-corrected chi connectivity index (χ3v) is 3.82. The second-order valence-electron chi connectivity index (χ2n) is 4.86. The SMILES string of the molecule is CC.CC.COc1ccc2c(c1)C(C)(c1ccccc1)C(=O)N2. The number of nitrogens with one attached hydrogen (secondary N) is 1. The Bertz CT molecular complexity index is 637. The smallest absolute Gasteiger partial charge is 0.239 e. The minimum absolute atomic E-state index is 0.00181. The molecule has 1 aliphatic heterocycles. The van der Waals surface area contributed by atoms with Crippen molar-refractivity contribution in [3.05, 3.63) is 59.7 Å². The Labute approximate surface area is 139 Å². The van der Waals surface area contributed by atoms with Gasteiger partial charge in [0.25, 0.3) is 0 Å². The first-order valence-electron chi connectivity index (χ1n) is 8.22. The number of hydrogen-bond donors (Lipinski definition) is 1. The van der Waals surface area contributed by atoms with Crippen LogP contribution in [0.5, 0.6) is 5.75 Å². The van der Waals surface area contributed by atoms with E-state index in [2.05, 4.69) is 5.32 Å². The molecular formula is C20H27NO2. The van der Waals surface area contributed by atoms with Crippen LogP contribution in [0.15, 0.2) is 48.5 Å². The molecule has 1 aliphatic rings. The van der Waals surface area contributed by atoms with E-state index in [9.17, 15) is 4.79 Å². The van der Waals surface area contributed by atoms with Gasteiger partial charge in [0.2, 0.25) is 5.91 Å². The second-order valence-corrected chi connectivity index (χ2v) is 4.86. The Morgan fingerprint density at radius 1 is 0.957 bits per heavy atom. The van der Waals surface area contributed by atoms with Gasteiger partial charge in [0.15, 0.2) is 0 Å². The summed E-state index contributed by atoms with van der Waals surface area (Å²) in [6.45, 7) is 9.95. The van der Waals surface area contributed by atoms with Gasteiger partial charge >= 0.3 is 0 Å². The number of amides is 1. The van der Waals surface area contributed by atoms with Crippen LogP contribution >= 0.6 is 0 Å². The summed E-state index contributed by atoms with van der Waals surface area (Å²) in [6.07, 6.45) is 0. The lowest BCUT2D eigenvalue weighted by molar-refractivity contribution is -0.119. The van der Waals surface area contributed by atoms with Gasteiger partial charge in [-0.2, -0.15) is 0 Å². The van der Waals surface area contributed by atoms with Crippen molar-refractivity contribution < 1.29 is 9.53 Å². The molecular weight excluding hydrogens is 286 g/mol. The van der Waals surface area contributed by atoms with Crippen LogP contribution in [0.4, 0.5) is 5.69 Å². The molecule has 1 amide bonds. The lowest BCUT2D eigenvalue weighted by atomic mass is 9.77. The van der Waals surface area contributed by atoms with Crippen LogP contribution in [0.2, 0.25) is 0 Å². The molecule has 23 heavy (non-hydrogen) atoms. The van der Waals surface area contributed by atoms with E-state index in [1.54, 1.807) is 7.11 Å². The fourth-order valence-electron chi connectivity index (χ4n) is 2.60. The van der Waals surface area contributed by atoms with E-state index in [-0.39, 0.29) is 5.91 Å². The first-order chi connectivity index (χ1) is 11.2. The maximum atomic E-state index is 12.4. The quantitative estimate of drug-likeness (QED) is 0.846. The fourth-order valence-corrected chi connectivity index (χ4v) is 2.60. The topological polar surface area (TPSA) is 38.3 Å². The van der Waals surface area contributed by atoms with Gasteiger partial charge in [-0.25, -0.2) is 0 Å². The van der Waals surface area contributed by atoms with Gasteiger partial charge in [0, 0.05) is 5.69 Å². The number of rotatable bonds is 2. The Kier molecular flexibility index (Phi) is 6.83. The summed E-state index contributed by atoms with van der Waals surface area (Å²) in [7, 11) is 1.63. The number of fused-ring (bicyclic) bond motifs is 1. The van der Waals surface area contributed by atoms with Crippen molar-refractivity contribution in [1.82, 2.24) is 0 Å². The van der Waals surface area contributed by atoms with Crippen molar-refractivity contribution in [2.75, 3.05) is 12.4 Å². The largest absolute Gasteiger partial charge is 0.497 e. The molecule has 0 radical (unpaired) electrons. The van der Waals surface area contributed by atoms with E-state index in [0.29, 0.717) is 0 Å². The lowest BCUT2D eigenvalue weighted by Gasteiger charge is -2.23. The van der Waals surface area contributed by atoms with Crippen LogP contribution in [0.3, 0.4) is 0 Å². The zero-order valence-corrected chi connectivity index (χ0v) is 14.9. The van der Waals surface area contributed by atoms with Crippen molar-refractivity contribution in [2.24, 2.45) is 0 Å². The van der Waals surface area contributed by atoms with Crippen molar-refractivity contribution >= 4 is 11.6 Å². The van der Waals surface area contributed by atoms with Gasteiger partial charge in [-0.05, 0) is 36.2 Å². The predicted molar refractivity (Wildman–Crippen MR) is 97.2 cm³/mol. The molecule has 0 bridgehead atoms. The van der Waals surface area contributed by atoms with E-state index in [0.717, 1.165) is 22.6 Å². The van der Waals surface area contributed by atoms with Gasteiger partial charge < -0.3 is 10.1 Å². The van der Waals surface area contributed by atoms with Crippen molar-refractivity contribution in [3.8, 4) is 5.75 Å². The summed E-state index contributed by atoms with van der Waals surface area (Å²) in [5, 5.41) is 2.94. The first-order valence-corrected chi connectivity index (χ1v) is 8.22. The number of ether oxygens (including phenoxy) is 1. The second kappa shape index (κ2) is 8.37.